The summed E-state index contributed by atoms with van der Waals surface area (Å²) >= 11 is 0. The van der Waals surface area contributed by atoms with Gasteiger partial charge < -0.3 is 5.32 Å². The largest absolute Gasteiger partial charge is 0.307 e. The summed E-state index contributed by atoms with van der Waals surface area (Å²) in [7, 11) is 0. The quantitative estimate of drug-likeness (QED) is 0.846. The van der Waals surface area contributed by atoms with Crippen molar-refractivity contribution in [3.05, 3.63) is 71.8 Å². The van der Waals surface area contributed by atoms with Crippen LogP contribution in [0.4, 0.5) is 0 Å². The number of nitrogens with one attached hydrogen (secondary N) is 1. The summed E-state index contributed by atoms with van der Waals surface area (Å²) in [5.41, 5.74) is 2.87. The predicted molar refractivity (Wildman–Crippen MR) is 84.8 cm³/mol. The molecule has 1 aliphatic carbocycles. The van der Waals surface area contributed by atoms with E-state index in [4.69, 9.17) is 0 Å². The molecule has 104 valence electrons. The van der Waals surface area contributed by atoms with Gasteiger partial charge in [-0.25, -0.2) is 0 Å². The van der Waals surface area contributed by atoms with Crippen molar-refractivity contribution in [2.24, 2.45) is 0 Å². The van der Waals surface area contributed by atoms with E-state index in [0.29, 0.717) is 18.0 Å². The molecule has 3 rings (SSSR count). The van der Waals surface area contributed by atoms with E-state index in [1.165, 1.54) is 30.4 Å². The maximum Gasteiger partial charge on any atom is 0.0294 e. The van der Waals surface area contributed by atoms with E-state index in [9.17, 15) is 0 Å². The Morgan fingerprint density at radius 3 is 2.25 bits per heavy atom. The molecule has 0 aliphatic heterocycles. The van der Waals surface area contributed by atoms with Crippen molar-refractivity contribution in [2.75, 3.05) is 0 Å². The first-order chi connectivity index (χ1) is 9.84. The molecule has 3 atom stereocenters. The van der Waals surface area contributed by atoms with Crippen LogP contribution < -0.4 is 5.32 Å². The van der Waals surface area contributed by atoms with Gasteiger partial charge in [0.1, 0.15) is 0 Å². The molecule has 0 aromatic heterocycles. The fourth-order valence-electron chi connectivity index (χ4n) is 3.42. The van der Waals surface area contributed by atoms with Gasteiger partial charge in [0, 0.05) is 12.1 Å². The molecule has 0 radical (unpaired) electrons. The van der Waals surface area contributed by atoms with Gasteiger partial charge >= 0.3 is 0 Å². The highest BCUT2D eigenvalue weighted by Gasteiger charge is 2.29. The Hall–Kier alpha value is -1.60. The third-order valence-electron chi connectivity index (χ3n) is 4.51. The fourth-order valence-corrected chi connectivity index (χ4v) is 3.42. The van der Waals surface area contributed by atoms with Gasteiger partial charge in [0.15, 0.2) is 0 Å². The third-order valence-corrected chi connectivity index (χ3v) is 4.51. The zero-order valence-corrected chi connectivity index (χ0v) is 12.1. The number of benzene rings is 2. The molecular formula is C19H23N. The van der Waals surface area contributed by atoms with Crippen molar-refractivity contribution in [2.45, 2.75) is 44.2 Å². The van der Waals surface area contributed by atoms with Gasteiger partial charge in [0.2, 0.25) is 0 Å². The van der Waals surface area contributed by atoms with Crippen molar-refractivity contribution < 1.29 is 0 Å². The SMILES string of the molecule is CC(N[C@H]1CCC[C@H]1c1ccccc1)c1ccccc1. The maximum atomic E-state index is 3.84. The highest BCUT2D eigenvalue weighted by molar-refractivity contribution is 5.24. The summed E-state index contributed by atoms with van der Waals surface area (Å²) < 4.78 is 0. The van der Waals surface area contributed by atoms with Crippen LogP contribution in [-0.4, -0.2) is 6.04 Å². The van der Waals surface area contributed by atoms with Crippen LogP contribution in [0.25, 0.3) is 0 Å². The molecule has 2 aromatic rings. The lowest BCUT2D eigenvalue weighted by Crippen LogP contribution is -2.33. The highest BCUT2D eigenvalue weighted by atomic mass is 15.0. The molecule has 1 saturated carbocycles. The van der Waals surface area contributed by atoms with E-state index < -0.39 is 0 Å². The van der Waals surface area contributed by atoms with Gasteiger partial charge in [-0.3, -0.25) is 0 Å². The number of hydrogen-bond donors (Lipinski definition) is 1. The lowest BCUT2D eigenvalue weighted by molar-refractivity contribution is 0.428. The van der Waals surface area contributed by atoms with Crippen molar-refractivity contribution in [1.82, 2.24) is 5.32 Å². The second-order valence-corrected chi connectivity index (χ2v) is 5.85. The zero-order valence-electron chi connectivity index (χ0n) is 12.1. The molecule has 1 nitrogen and oxygen atoms in total. The number of hydrogen-bond acceptors (Lipinski definition) is 1. The second kappa shape index (κ2) is 6.23. The average molecular weight is 265 g/mol. The Morgan fingerprint density at radius 1 is 0.900 bits per heavy atom. The maximum absolute atomic E-state index is 3.84. The molecule has 0 heterocycles. The van der Waals surface area contributed by atoms with Crippen LogP contribution in [0.1, 0.15) is 49.3 Å². The normalized spacial score (nSPS) is 23.6. The van der Waals surface area contributed by atoms with Crippen LogP contribution in [-0.2, 0) is 0 Å². The summed E-state index contributed by atoms with van der Waals surface area (Å²) in [4.78, 5) is 0. The van der Waals surface area contributed by atoms with Crippen molar-refractivity contribution in [3.63, 3.8) is 0 Å². The first-order valence-corrected chi connectivity index (χ1v) is 7.70. The summed E-state index contributed by atoms with van der Waals surface area (Å²) in [6.45, 7) is 2.27. The van der Waals surface area contributed by atoms with E-state index in [0.717, 1.165) is 0 Å². The number of rotatable bonds is 4. The Labute approximate surface area is 122 Å². The minimum Gasteiger partial charge on any atom is -0.307 e. The molecule has 1 aliphatic rings. The molecule has 2 aromatic carbocycles. The topological polar surface area (TPSA) is 12.0 Å². The Balaban J connectivity index is 1.70. The van der Waals surface area contributed by atoms with Crippen LogP contribution in [0, 0.1) is 0 Å². The predicted octanol–water partition coefficient (Wildman–Crippen LogP) is 4.67. The molecule has 0 bridgehead atoms. The van der Waals surface area contributed by atoms with Crippen LogP contribution in [0.3, 0.4) is 0 Å². The van der Waals surface area contributed by atoms with Gasteiger partial charge in [0.05, 0.1) is 0 Å². The first-order valence-electron chi connectivity index (χ1n) is 7.70. The Kier molecular flexibility index (Phi) is 4.17. The van der Waals surface area contributed by atoms with E-state index in [2.05, 4.69) is 72.9 Å². The summed E-state index contributed by atoms with van der Waals surface area (Å²) in [5, 5.41) is 3.84. The monoisotopic (exact) mass is 265 g/mol. The molecular weight excluding hydrogens is 242 g/mol. The lowest BCUT2D eigenvalue weighted by atomic mass is 9.93. The van der Waals surface area contributed by atoms with Gasteiger partial charge in [-0.15, -0.1) is 0 Å². The molecule has 1 heteroatoms. The lowest BCUT2D eigenvalue weighted by Gasteiger charge is -2.25. The Bertz CT molecular complexity index is 520. The highest BCUT2D eigenvalue weighted by Crippen LogP contribution is 2.35. The van der Waals surface area contributed by atoms with Crippen LogP contribution in [0.5, 0.6) is 0 Å². The minimum absolute atomic E-state index is 0.422. The van der Waals surface area contributed by atoms with E-state index in [1.54, 1.807) is 0 Å². The van der Waals surface area contributed by atoms with Crippen LogP contribution >= 0.6 is 0 Å². The molecule has 1 fully saturated rings. The molecule has 0 saturated heterocycles. The second-order valence-electron chi connectivity index (χ2n) is 5.85. The van der Waals surface area contributed by atoms with Gasteiger partial charge in [-0.1, -0.05) is 67.1 Å². The Morgan fingerprint density at radius 2 is 1.55 bits per heavy atom. The van der Waals surface area contributed by atoms with Gasteiger partial charge in [0.25, 0.3) is 0 Å². The van der Waals surface area contributed by atoms with E-state index in [1.807, 2.05) is 0 Å². The van der Waals surface area contributed by atoms with Crippen molar-refractivity contribution in [1.29, 1.82) is 0 Å². The van der Waals surface area contributed by atoms with Crippen LogP contribution in [0.2, 0.25) is 0 Å². The smallest absolute Gasteiger partial charge is 0.0294 e. The third kappa shape index (κ3) is 2.94. The average Bonchev–Trinajstić information content (AvgIpc) is 2.97. The summed E-state index contributed by atoms with van der Waals surface area (Å²) in [6, 6.07) is 22.7. The summed E-state index contributed by atoms with van der Waals surface area (Å²) in [5.74, 6) is 0.669. The van der Waals surface area contributed by atoms with Crippen molar-refractivity contribution >= 4 is 0 Å². The van der Waals surface area contributed by atoms with E-state index in [-0.39, 0.29) is 0 Å². The molecule has 0 spiro atoms. The fraction of sp³-hybridized carbons (Fsp3) is 0.368. The molecule has 1 unspecified atom stereocenters. The first kappa shape index (κ1) is 13.4. The molecule has 20 heavy (non-hydrogen) atoms. The molecule has 0 amide bonds. The molecule has 1 N–H and O–H groups in total. The van der Waals surface area contributed by atoms with E-state index >= 15 is 0 Å². The van der Waals surface area contributed by atoms with Crippen LogP contribution in [0.15, 0.2) is 60.7 Å². The zero-order chi connectivity index (χ0) is 13.8. The standard InChI is InChI=1S/C19H23N/c1-15(16-9-4-2-5-10-16)20-19-14-8-13-18(19)17-11-6-3-7-12-17/h2-7,9-12,15,18-20H,8,13-14H2,1H3/t15?,18-,19-/m0/s1. The minimum atomic E-state index is 0.422. The van der Waals surface area contributed by atoms with Crippen molar-refractivity contribution in [3.8, 4) is 0 Å². The van der Waals surface area contributed by atoms with Gasteiger partial charge in [-0.05, 0) is 36.8 Å². The summed E-state index contributed by atoms with van der Waals surface area (Å²) in [6.07, 6.45) is 3.93. The van der Waals surface area contributed by atoms with Gasteiger partial charge in [-0.2, -0.15) is 0 Å².